The molecule has 0 radical (unpaired) electrons. The minimum absolute atomic E-state index is 0.188. The molecule has 3 aromatic rings. The van der Waals surface area contributed by atoms with Gasteiger partial charge in [-0.3, -0.25) is 4.79 Å². The van der Waals surface area contributed by atoms with Crippen LogP contribution in [0.1, 0.15) is 5.76 Å². The van der Waals surface area contributed by atoms with E-state index in [1.54, 1.807) is 6.08 Å². The summed E-state index contributed by atoms with van der Waals surface area (Å²) in [7, 11) is 0. The second-order valence-electron chi connectivity index (χ2n) is 5.64. The summed E-state index contributed by atoms with van der Waals surface area (Å²) in [4.78, 5) is 17.3. The van der Waals surface area contributed by atoms with E-state index in [0.717, 1.165) is 26.0 Å². The Labute approximate surface area is 177 Å². The summed E-state index contributed by atoms with van der Waals surface area (Å²) in [6.45, 7) is 0. The molecular formula is C20H12Br2N2O2S. The van der Waals surface area contributed by atoms with E-state index in [-0.39, 0.29) is 5.91 Å². The standard InChI is InChI=1S/C20H12Br2N2O2S/c21-13-7-5-12(6-8-13)17-10-9-14(26-17)11-18-19(25)24-20(27-18)23-16-4-2-1-3-15(16)22/h1-11H,(H,23,24,25)/b18-11+. The second-order valence-corrected chi connectivity index (χ2v) is 8.44. The van der Waals surface area contributed by atoms with Crippen molar-refractivity contribution in [2.75, 3.05) is 0 Å². The lowest BCUT2D eigenvalue weighted by atomic mass is 10.2. The van der Waals surface area contributed by atoms with Crippen molar-refractivity contribution in [1.82, 2.24) is 5.32 Å². The molecule has 4 nitrogen and oxygen atoms in total. The molecule has 0 saturated carbocycles. The topological polar surface area (TPSA) is 54.6 Å². The highest BCUT2D eigenvalue weighted by Gasteiger charge is 2.24. The third-order valence-electron chi connectivity index (χ3n) is 3.75. The van der Waals surface area contributed by atoms with Crippen LogP contribution in [-0.4, -0.2) is 11.1 Å². The number of halogens is 2. The molecule has 0 unspecified atom stereocenters. The number of para-hydroxylation sites is 1. The van der Waals surface area contributed by atoms with Crippen LogP contribution < -0.4 is 5.32 Å². The van der Waals surface area contributed by atoms with Gasteiger partial charge in [-0.25, -0.2) is 4.99 Å². The number of rotatable bonds is 3. The van der Waals surface area contributed by atoms with Crippen LogP contribution in [0.15, 0.2) is 83.9 Å². The zero-order chi connectivity index (χ0) is 18.8. The van der Waals surface area contributed by atoms with Crippen molar-refractivity contribution >= 4 is 66.5 Å². The van der Waals surface area contributed by atoms with Gasteiger partial charge >= 0.3 is 0 Å². The Bertz CT molecular complexity index is 1070. The molecule has 1 N–H and O–H groups in total. The van der Waals surface area contributed by atoms with E-state index in [1.165, 1.54) is 11.8 Å². The number of amides is 1. The van der Waals surface area contributed by atoms with Crippen molar-refractivity contribution in [3.8, 4) is 11.3 Å². The molecule has 1 aliphatic rings. The first-order valence-electron chi connectivity index (χ1n) is 7.98. The first-order valence-corrected chi connectivity index (χ1v) is 10.4. The van der Waals surface area contributed by atoms with Crippen molar-refractivity contribution in [3.63, 3.8) is 0 Å². The zero-order valence-electron chi connectivity index (χ0n) is 13.8. The van der Waals surface area contributed by atoms with Gasteiger partial charge in [-0.2, -0.15) is 0 Å². The first-order chi connectivity index (χ1) is 13.1. The number of carbonyl (C=O) groups excluding carboxylic acids is 1. The van der Waals surface area contributed by atoms with Crippen LogP contribution in [0, 0.1) is 0 Å². The minimum Gasteiger partial charge on any atom is -0.457 e. The predicted octanol–water partition coefficient (Wildman–Crippen LogP) is 6.36. The van der Waals surface area contributed by atoms with Crippen LogP contribution in [0.4, 0.5) is 5.69 Å². The number of thioether (sulfide) groups is 1. The van der Waals surface area contributed by atoms with Crippen LogP contribution in [-0.2, 0) is 4.79 Å². The van der Waals surface area contributed by atoms with Gasteiger partial charge in [-0.15, -0.1) is 0 Å². The lowest BCUT2D eigenvalue weighted by molar-refractivity contribution is -0.115. The summed E-state index contributed by atoms with van der Waals surface area (Å²) in [6.07, 6.45) is 1.73. The van der Waals surface area contributed by atoms with Crippen LogP contribution in [0.5, 0.6) is 0 Å². The van der Waals surface area contributed by atoms with Gasteiger partial charge in [-0.1, -0.05) is 40.2 Å². The number of nitrogens with one attached hydrogen (secondary N) is 1. The fourth-order valence-electron chi connectivity index (χ4n) is 2.46. The molecule has 0 aliphatic carbocycles. The Morgan fingerprint density at radius 3 is 2.56 bits per heavy atom. The normalized spacial score (nSPS) is 16.9. The Hall–Kier alpha value is -2.09. The van der Waals surface area contributed by atoms with E-state index < -0.39 is 0 Å². The van der Waals surface area contributed by atoms with E-state index in [0.29, 0.717) is 15.8 Å². The van der Waals surface area contributed by atoms with Gasteiger partial charge in [0.05, 0.1) is 10.6 Å². The van der Waals surface area contributed by atoms with Crippen LogP contribution in [0.25, 0.3) is 17.4 Å². The SMILES string of the molecule is O=C1NC(=Nc2ccccc2Br)S/C1=C/c1ccc(-c2ccc(Br)cc2)o1. The molecule has 1 fully saturated rings. The third-order valence-corrected chi connectivity index (χ3v) is 5.86. The number of furan rings is 1. The minimum atomic E-state index is -0.188. The molecule has 4 rings (SSSR count). The highest BCUT2D eigenvalue weighted by Crippen LogP contribution is 2.32. The predicted molar refractivity (Wildman–Crippen MR) is 117 cm³/mol. The van der Waals surface area contributed by atoms with Crippen molar-refractivity contribution in [1.29, 1.82) is 0 Å². The summed E-state index contributed by atoms with van der Waals surface area (Å²) < 4.78 is 7.74. The molecule has 27 heavy (non-hydrogen) atoms. The first kappa shape index (κ1) is 18.3. The molecule has 0 atom stereocenters. The van der Waals surface area contributed by atoms with Crippen molar-refractivity contribution in [3.05, 3.63) is 80.3 Å². The number of nitrogens with zero attached hydrogens (tertiary/aromatic N) is 1. The molecule has 0 spiro atoms. The molecule has 1 saturated heterocycles. The van der Waals surface area contributed by atoms with Gasteiger partial charge in [0.15, 0.2) is 5.17 Å². The number of benzene rings is 2. The summed E-state index contributed by atoms with van der Waals surface area (Å²) >= 11 is 8.16. The molecule has 2 aromatic carbocycles. The number of amidine groups is 1. The maximum Gasteiger partial charge on any atom is 0.264 e. The smallest absolute Gasteiger partial charge is 0.264 e. The highest BCUT2D eigenvalue weighted by atomic mass is 79.9. The quantitative estimate of drug-likeness (QED) is 0.423. The van der Waals surface area contributed by atoms with Gasteiger partial charge < -0.3 is 9.73 Å². The molecular weight excluding hydrogens is 492 g/mol. The lowest BCUT2D eigenvalue weighted by Gasteiger charge is -1.98. The van der Waals surface area contributed by atoms with Gasteiger partial charge in [0.25, 0.3) is 5.91 Å². The maximum atomic E-state index is 12.2. The lowest BCUT2D eigenvalue weighted by Crippen LogP contribution is -2.19. The van der Waals surface area contributed by atoms with E-state index in [9.17, 15) is 4.79 Å². The monoisotopic (exact) mass is 502 g/mol. The molecule has 0 bridgehead atoms. The Kier molecular flexibility index (Phi) is 5.33. The van der Waals surface area contributed by atoms with Gasteiger partial charge in [0.2, 0.25) is 0 Å². The molecule has 7 heteroatoms. The summed E-state index contributed by atoms with van der Waals surface area (Å²) in [5, 5.41) is 3.32. The number of hydrogen-bond acceptors (Lipinski definition) is 4. The third kappa shape index (κ3) is 4.26. The fourth-order valence-corrected chi connectivity index (χ4v) is 3.91. The van der Waals surface area contributed by atoms with Gasteiger partial charge in [0.1, 0.15) is 11.5 Å². The van der Waals surface area contributed by atoms with E-state index >= 15 is 0 Å². The maximum absolute atomic E-state index is 12.2. The summed E-state index contributed by atoms with van der Waals surface area (Å²) in [5.74, 6) is 1.18. The molecule has 1 aromatic heterocycles. The zero-order valence-corrected chi connectivity index (χ0v) is 17.8. The molecule has 1 aliphatic heterocycles. The van der Waals surface area contributed by atoms with Crippen LogP contribution >= 0.6 is 43.6 Å². The number of carbonyl (C=O) groups is 1. The average Bonchev–Trinajstić information content (AvgIpc) is 3.25. The molecule has 2 heterocycles. The molecule has 1 amide bonds. The molecule has 134 valence electrons. The van der Waals surface area contributed by atoms with E-state index in [4.69, 9.17) is 4.42 Å². The Balaban J connectivity index is 1.55. The van der Waals surface area contributed by atoms with Gasteiger partial charge in [0, 0.05) is 20.6 Å². The van der Waals surface area contributed by atoms with Crippen LogP contribution in [0.3, 0.4) is 0 Å². The van der Waals surface area contributed by atoms with E-state index in [1.807, 2.05) is 60.7 Å². The number of aliphatic imine (C=N–C) groups is 1. The van der Waals surface area contributed by atoms with E-state index in [2.05, 4.69) is 42.2 Å². The fraction of sp³-hybridized carbons (Fsp3) is 0. The average molecular weight is 504 g/mol. The summed E-state index contributed by atoms with van der Waals surface area (Å²) in [5.41, 5.74) is 1.74. The highest BCUT2D eigenvalue weighted by molar-refractivity contribution is 9.10. The number of hydrogen-bond donors (Lipinski definition) is 1. The Morgan fingerprint density at radius 1 is 1.00 bits per heavy atom. The Morgan fingerprint density at radius 2 is 1.78 bits per heavy atom. The van der Waals surface area contributed by atoms with Crippen molar-refractivity contribution < 1.29 is 9.21 Å². The van der Waals surface area contributed by atoms with Crippen molar-refractivity contribution in [2.24, 2.45) is 4.99 Å². The van der Waals surface area contributed by atoms with Gasteiger partial charge in [-0.05, 0) is 64.1 Å². The van der Waals surface area contributed by atoms with Crippen LogP contribution in [0.2, 0.25) is 0 Å². The summed E-state index contributed by atoms with van der Waals surface area (Å²) in [6, 6.07) is 19.2. The largest absolute Gasteiger partial charge is 0.457 e. The second kappa shape index (κ2) is 7.88. The van der Waals surface area contributed by atoms with Crippen molar-refractivity contribution in [2.45, 2.75) is 0 Å².